The SMILES string of the molecule is CCN(CC)C(=O)CCNCC(=O)Nc1ccccc1Br. The van der Waals surface area contributed by atoms with E-state index in [-0.39, 0.29) is 18.4 Å². The number of nitrogens with one attached hydrogen (secondary N) is 2. The van der Waals surface area contributed by atoms with E-state index in [9.17, 15) is 9.59 Å². The predicted molar refractivity (Wildman–Crippen MR) is 88.2 cm³/mol. The minimum Gasteiger partial charge on any atom is -0.343 e. The Morgan fingerprint density at radius 1 is 1.19 bits per heavy atom. The Balaban J connectivity index is 2.25. The van der Waals surface area contributed by atoms with E-state index in [4.69, 9.17) is 0 Å². The van der Waals surface area contributed by atoms with E-state index in [1.54, 1.807) is 4.90 Å². The number of carbonyl (C=O) groups excluding carboxylic acids is 2. The fourth-order valence-electron chi connectivity index (χ4n) is 1.89. The summed E-state index contributed by atoms with van der Waals surface area (Å²) in [7, 11) is 0. The van der Waals surface area contributed by atoms with Crippen molar-refractivity contribution in [1.29, 1.82) is 0 Å². The monoisotopic (exact) mass is 355 g/mol. The topological polar surface area (TPSA) is 61.4 Å². The van der Waals surface area contributed by atoms with Crippen LogP contribution in [0.15, 0.2) is 28.7 Å². The summed E-state index contributed by atoms with van der Waals surface area (Å²) in [5.74, 6) is -0.0177. The smallest absolute Gasteiger partial charge is 0.238 e. The molecule has 5 nitrogen and oxygen atoms in total. The second-order valence-electron chi connectivity index (χ2n) is 4.52. The van der Waals surface area contributed by atoms with Crippen LogP contribution in [0, 0.1) is 0 Å². The van der Waals surface area contributed by atoms with Crippen molar-refractivity contribution < 1.29 is 9.59 Å². The van der Waals surface area contributed by atoms with Gasteiger partial charge in [0.05, 0.1) is 12.2 Å². The molecule has 0 spiro atoms. The van der Waals surface area contributed by atoms with Crippen molar-refractivity contribution >= 4 is 33.4 Å². The van der Waals surface area contributed by atoms with Gasteiger partial charge in [-0.15, -0.1) is 0 Å². The molecule has 0 saturated heterocycles. The largest absolute Gasteiger partial charge is 0.343 e. The second kappa shape index (κ2) is 9.52. The Kier molecular flexibility index (Phi) is 8.00. The fourth-order valence-corrected chi connectivity index (χ4v) is 2.27. The average molecular weight is 356 g/mol. The molecular formula is C15H22BrN3O2. The van der Waals surface area contributed by atoms with Gasteiger partial charge >= 0.3 is 0 Å². The van der Waals surface area contributed by atoms with Gasteiger partial charge in [-0.25, -0.2) is 0 Å². The quantitative estimate of drug-likeness (QED) is 0.703. The standard InChI is InChI=1S/C15H22BrN3O2/c1-3-19(4-2)15(21)9-10-17-11-14(20)18-13-8-6-5-7-12(13)16/h5-8,17H,3-4,9-11H2,1-2H3,(H,18,20). The van der Waals surface area contributed by atoms with Gasteiger partial charge in [0, 0.05) is 30.5 Å². The first-order valence-electron chi connectivity index (χ1n) is 7.11. The summed E-state index contributed by atoms with van der Waals surface area (Å²) in [6.45, 7) is 6.04. The number of para-hydroxylation sites is 1. The second-order valence-corrected chi connectivity index (χ2v) is 5.38. The first kappa shape index (κ1) is 17.7. The third-order valence-corrected chi connectivity index (χ3v) is 3.76. The van der Waals surface area contributed by atoms with Crippen LogP contribution in [0.4, 0.5) is 5.69 Å². The van der Waals surface area contributed by atoms with Crippen molar-refractivity contribution in [2.45, 2.75) is 20.3 Å². The molecule has 2 amide bonds. The van der Waals surface area contributed by atoms with E-state index in [0.717, 1.165) is 23.2 Å². The van der Waals surface area contributed by atoms with Gasteiger partial charge in [0.15, 0.2) is 0 Å². The molecule has 1 aromatic rings. The van der Waals surface area contributed by atoms with Gasteiger partial charge in [0.2, 0.25) is 11.8 Å². The molecule has 0 atom stereocenters. The summed E-state index contributed by atoms with van der Waals surface area (Å²) in [4.78, 5) is 25.3. The van der Waals surface area contributed by atoms with Crippen LogP contribution in [0.3, 0.4) is 0 Å². The van der Waals surface area contributed by atoms with E-state index in [2.05, 4.69) is 26.6 Å². The van der Waals surface area contributed by atoms with Crippen LogP contribution in [0.25, 0.3) is 0 Å². The van der Waals surface area contributed by atoms with E-state index >= 15 is 0 Å². The maximum Gasteiger partial charge on any atom is 0.238 e. The van der Waals surface area contributed by atoms with Crippen LogP contribution in [0.2, 0.25) is 0 Å². The molecule has 0 unspecified atom stereocenters. The number of rotatable bonds is 8. The minimum absolute atomic E-state index is 0.110. The number of amides is 2. The minimum atomic E-state index is -0.128. The maximum absolute atomic E-state index is 11.8. The van der Waals surface area contributed by atoms with Crippen molar-refractivity contribution in [1.82, 2.24) is 10.2 Å². The lowest BCUT2D eigenvalue weighted by atomic mass is 10.3. The van der Waals surface area contributed by atoms with Crippen molar-refractivity contribution in [3.05, 3.63) is 28.7 Å². The summed E-state index contributed by atoms with van der Waals surface area (Å²) in [6, 6.07) is 7.44. The third-order valence-electron chi connectivity index (χ3n) is 3.07. The van der Waals surface area contributed by atoms with Crippen molar-refractivity contribution in [3.63, 3.8) is 0 Å². The molecule has 21 heavy (non-hydrogen) atoms. The molecule has 0 radical (unpaired) electrons. The van der Waals surface area contributed by atoms with Gasteiger partial charge in [-0.1, -0.05) is 12.1 Å². The molecule has 0 fully saturated rings. The van der Waals surface area contributed by atoms with E-state index < -0.39 is 0 Å². The Bertz CT molecular complexity index is 476. The van der Waals surface area contributed by atoms with Crippen LogP contribution in [-0.4, -0.2) is 42.9 Å². The van der Waals surface area contributed by atoms with Gasteiger partial charge < -0.3 is 15.5 Å². The highest BCUT2D eigenvalue weighted by molar-refractivity contribution is 9.10. The van der Waals surface area contributed by atoms with Crippen LogP contribution < -0.4 is 10.6 Å². The molecule has 0 aliphatic heterocycles. The van der Waals surface area contributed by atoms with Crippen molar-refractivity contribution in [3.8, 4) is 0 Å². The van der Waals surface area contributed by atoms with Crippen LogP contribution in [0.5, 0.6) is 0 Å². The number of nitrogens with zero attached hydrogens (tertiary/aromatic N) is 1. The molecule has 0 aromatic heterocycles. The summed E-state index contributed by atoms with van der Waals surface area (Å²) in [6.07, 6.45) is 0.407. The van der Waals surface area contributed by atoms with E-state index in [1.165, 1.54) is 0 Å². The van der Waals surface area contributed by atoms with Gasteiger partial charge in [-0.05, 0) is 41.9 Å². The molecule has 1 rings (SSSR count). The van der Waals surface area contributed by atoms with Crippen LogP contribution in [-0.2, 0) is 9.59 Å². The molecule has 0 bridgehead atoms. The third kappa shape index (κ3) is 6.27. The van der Waals surface area contributed by atoms with Crippen molar-refractivity contribution in [2.24, 2.45) is 0 Å². The van der Waals surface area contributed by atoms with Gasteiger partial charge in [0.25, 0.3) is 0 Å². The number of benzene rings is 1. The normalized spacial score (nSPS) is 10.2. The molecule has 116 valence electrons. The summed E-state index contributed by atoms with van der Waals surface area (Å²) >= 11 is 3.37. The van der Waals surface area contributed by atoms with E-state index in [1.807, 2.05) is 38.1 Å². The lowest BCUT2D eigenvalue weighted by Gasteiger charge is -2.18. The Morgan fingerprint density at radius 2 is 1.86 bits per heavy atom. The van der Waals surface area contributed by atoms with Crippen LogP contribution in [0.1, 0.15) is 20.3 Å². The lowest BCUT2D eigenvalue weighted by Crippen LogP contribution is -2.35. The predicted octanol–water partition coefficient (Wildman–Crippen LogP) is 2.24. The molecule has 0 aliphatic carbocycles. The fraction of sp³-hybridized carbons (Fsp3) is 0.467. The molecule has 0 heterocycles. The number of halogens is 1. The van der Waals surface area contributed by atoms with Crippen molar-refractivity contribution in [2.75, 3.05) is 31.5 Å². The van der Waals surface area contributed by atoms with Gasteiger partial charge in [-0.2, -0.15) is 0 Å². The zero-order chi connectivity index (χ0) is 15.7. The molecule has 1 aromatic carbocycles. The van der Waals surface area contributed by atoms with Gasteiger partial charge in [0.1, 0.15) is 0 Å². The highest BCUT2D eigenvalue weighted by atomic mass is 79.9. The zero-order valence-electron chi connectivity index (χ0n) is 12.5. The summed E-state index contributed by atoms with van der Waals surface area (Å²) in [5, 5.41) is 5.78. The van der Waals surface area contributed by atoms with Gasteiger partial charge in [-0.3, -0.25) is 9.59 Å². The summed E-state index contributed by atoms with van der Waals surface area (Å²) in [5.41, 5.74) is 0.739. The number of hydrogen-bond donors (Lipinski definition) is 2. The van der Waals surface area contributed by atoms with E-state index in [0.29, 0.717) is 13.0 Å². The average Bonchev–Trinajstić information content (AvgIpc) is 2.47. The molecule has 2 N–H and O–H groups in total. The first-order valence-corrected chi connectivity index (χ1v) is 7.90. The molecule has 0 saturated carbocycles. The summed E-state index contributed by atoms with van der Waals surface area (Å²) < 4.78 is 0.843. The molecular weight excluding hydrogens is 334 g/mol. The molecule has 6 heteroatoms. The number of carbonyl (C=O) groups is 2. The Hall–Kier alpha value is -1.40. The maximum atomic E-state index is 11.8. The molecule has 0 aliphatic rings. The lowest BCUT2D eigenvalue weighted by molar-refractivity contribution is -0.130. The number of hydrogen-bond acceptors (Lipinski definition) is 3. The zero-order valence-corrected chi connectivity index (χ0v) is 14.1. The highest BCUT2D eigenvalue weighted by Crippen LogP contribution is 2.20. The Morgan fingerprint density at radius 3 is 2.48 bits per heavy atom. The first-order chi connectivity index (χ1) is 10.1. The number of anilines is 1. The Labute approximate surface area is 134 Å². The highest BCUT2D eigenvalue weighted by Gasteiger charge is 2.09. The van der Waals surface area contributed by atoms with Crippen LogP contribution >= 0.6 is 15.9 Å².